The van der Waals surface area contributed by atoms with E-state index >= 15 is 0 Å². The van der Waals surface area contributed by atoms with Gasteiger partial charge in [0.1, 0.15) is 0 Å². The summed E-state index contributed by atoms with van der Waals surface area (Å²) in [6.07, 6.45) is 6.63. The van der Waals surface area contributed by atoms with E-state index in [2.05, 4.69) is 16.3 Å². The third kappa shape index (κ3) is 3.14. The highest BCUT2D eigenvalue weighted by Gasteiger charge is 2.30. The van der Waals surface area contributed by atoms with E-state index in [1.54, 1.807) is 0 Å². The Labute approximate surface area is 131 Å². The highest BCUT2D eigenvalue weighted by Crippen LogP contribution is 2.32. The second-order valence-corrected chi connectivity index (χ2v) is 6.76. The minimum Gasteiger partial charge on any atom is -0.315 e. The van der Waals surface area contributed by atoms with Gasteiger partial charge >= 0.3 is 0 Å². The fourth-order valence-electron chi connectivity index (χ4n) is 3.58. The van der Waals surface area contributed by atoms with E-state index in [1.165, 1.54) is 32.1 Å². The molecule has 0 aromatic heterocycles. The second kappa shape index (κ2) is 6.65. The molecule has 1 atom stereocenters. The summed E-state index contributed by atoms with van der Waals surface area (Å²) in [5.41, 5.74) is 1.16. The molecular formula is C16H22Cl2N2. The van der Waals surface area contributed by atoms with Gasteiger partial charge in [0.05, 0.1) is 10.0 Å². The summed E-state index contributed by atoms with van der Waals surface area (Å²) in [5.74, 6) is 0. The standard InChI is InChI=1S/C16H22Cl2N2/c17-15-7-3-4-12(16(15)18)11-20(13-5-1-2-6-13)14-8-9-19-10-14/h3-4,7,13-14,19H,1-2,5-6,8-11H2/t14-/m0/s1. The van der Waals surface area contributed by atoms with Crippen molar-refractivity contribution in [1.82, 2.24) is 10.2 Å². The third-order valence-electron chi connectivity index (χ3n) is 4.68. The molecule has 0 spiro atoms. The monoisotopic (exact) mass is 312 g/mol. The minimum atomic E-state index is 0.646. The predicted molar refractivity (Wildman–Crippen MR) is 85.5 cm³/mol. The Kier molecular flexibility index (Phi) is 4.87. The Morgan fingerprint density at radius 3 is 2.60 bits per heavy atom. The van der Waals surface area contributed by atoms with Crippen LogP contribution in [-0.4, -0.2) is 30.1 Å². The molecule has 0 radical (unpaired) electrons. The van der Waals surface area contributed by atoms with Gasteiger partial charge in [-0.05, 0) is 37.4 Å². The molecule has 4 heteroatoms. The van der Waals surface area contributed by atoms with Crippen molar-refractivity contribution in [2.45, 2.75) is 50.7 Å². The summed E-state index contributed by atoms with van der Waals surface area (Å²) >= 11 is 12.5. The van der Waals surface area contributed by atoms with Gasteiger partial charge in [-0.1, -0.05) is 48.2 Å². The van der Waals surface area contributed by atoms with Crippen molar-refractivity contribution in [1.29, 1.82) is 0 Å². The molecule has 2 nitrogen and oxygen atoms in total. The van der Waals surface area contributed by atoms with Crippen molar-refractivity contribution < 1.29 is 0 Å². The second-order valence-electron chi connectivity index (χ2n) is 5.97. The zero-order valence-corrected chi connectivity index (χ0v) is 13.3. The minimum absolute atomic E-state index is 0.646. The van der Waals surface area contributed by atoms with Crippen molar-refractivity contribution in [3.63, 3.8) is 0 Å². The zero-order chi connectivity index (χ0) is 13.9. The lowest BCUT2D eigenvalue weighted by Crippen LogP contribution is -2.42. The maximum absolute atomic E-state index is 6.38. The Morgan fingerprint density at radius 1 is 1.10 bits per heavy atom. The molecule has 2 aliphatic rings. The summed E-state index contributed by atoms with van der Waals surface area (Å²) in [5, 5.41) is 4.88. The number of rotatable bonds is 4. The van der Waals surface area contributed by atoms with Gasteiger partial charge < -0.3 is 5.32 Å². The molecular weight excluding hydrogens is 291 g/mol. The number of hydrogen-bond acceptors (Lipinski definition) is 2. The van der Waals surface area contributed by atoms with Gasteiger partial charge in [0, 0.05) is 25.2 Å². The molecule has 0 unspecified atom stereocenters. The van der Waals surface area contributed by atoms with Crippen molar-refractivity contribution >= 4 is 23.2 Å². The van der Waals surface area contributed by atoms with Gasteiger partial charge in [-0.15, -0.1) is 0 Å². The summed E-state index contributed by atoms with van der Waals surface area (Å²) < 4.78 is 0. The SMILES string of the molecule is Clc1cccc(CN(C2CCCC2)[C@H]2CCNC2)c1Cl. The van der Waals surface area contributed by atoms with Crippen molar-refractivity contribution in [3.8, 4) is 0 Å². The molecule has 0 bridgehead atoms. The van der Waals surface area contributed by atoms with E-state index in [0.29, 0.717) is 11.1 Å². The average Bonchev–Trinajstić information content (AvgIpc) is 3.13. The first-order valence-electron chi connectivity index (χ1n) is 7.65. The maximum Gasteiger partial charge on any atom is 0.0637 e. The van der Waals surface area contributed by atoms with Gasteiger partial charge in [0.15, 0.2) is 0 Å². The van der Waals surface area contributed by atoms with Crippen molar-refractivity contribution in [2.75, 3.05) is 13.1 Å². The zero-order valence-electron chi connectivity index (χ0n) is 11.7. The molecule has 1 saturated heterocycles. The molecule has 1 heterocycles. The quantitative estimate of drug-likeness (QED) is 0.900. The molecule has 20 heavy (non-hydrogen) atoms. The van der Waals surface area contributed by atoms with Gasteiger partial charge in [-0.25, -0.2) is 0 Å². The molecule has 110 valence electrons. The van der Waals surface area contributed by atoms with Crippen LogP contribution in [0.25, 0.3) is 0 Å². The van der Waals surface area contributed by atoms with E-state index in [1.807, 2.05) is 12.1 Å². The lowest BCUT2D eigenvalue weighted by molar-refractivity contribution is 0.136. The van der Waals surface area contributed by atoms with Crippen molar-refractivity contribution in [2.24, 2.45) is 0 Å². The van der Waals surface area contributed by atoms with E-state index in [-0.39, 0.29) is 0 Å². The first-order valence-corrected chi connectivity index (χ1v) is 8.40. The summed E-state index contributed by atoms with van der Waals surface area (Å²) in [6, 6.07) is 7.34. The van der Waals surface area contributed by atoms with Crippen LogP contribution in [0, 0.1) is 0 Å². The molecule has 1 aliphatic heterocycles. The molecule has 1 aliphatic carbocycles. The highest BCUT2D eigenvalue weighted by molar-refractivity contribution is 6.42. The van der Waals surface area contributed by atoms with Crippen LogP contribution in [0.4, 0.5) is 0 Å². The van der Waals surface area contributed by atoms with Gasteiger partial charge in [-0.3, -0.25) is 4.90 Å². The largest absolute Gasteiger partial charge is 0.315 e. The molecule has 1 saturated carbocycles. The van der Waals surface area contributed by atoms with E-state index < -0.39 is 0 Å². The fraction of sp³-hybridized carbons (Fsp3) is 0.625. The number of nitrogens with one attached hydrogen (secondary N) is 1. The molecule has 0 amide bonds. The molecule has 1 N–H and O–H groups in total. The van der Waals surface area contributed by atoms with E-state index in [0.717, 1.165) is 36.3 Å². The van der Waals surface area contributed by atoms with Crippen LogP contribution in [0.5, 0.6) is 0 Å². The maximum atomic E-state index is 6.38. The number of halogens is 2. The topological polar surface area (TPSA) is 15.3 Å². The van der Waals surface area contributed by atoms with Crippen LogP contribution in [0.1, 0.15) is 37.7 Å². The molecule has 2 fully saturated rings. The number of hydrogen-bond donors (Lipinski definition) is 1. The van der Waals surface area contributed by atoms with Crippen LogP contribution < -0.4 is 5.32 Å². The lowest BCUT2D eigenvalue weighted by Gasteiger charge is -2.34. The summed E-state index contributed by atoms with van der Waals surface area (Å²) in [7, 11) is 0. The Bertz CT molecular complexity index is 436. The normalized spacial score (nSPS) is 23.9. The lowest BCUT2D eigenvalue weighted by atomic mass is 10.1. The van der Waals surface area contributed by atoms with Gasteiger partial charge in [-0.2, -0.15) is 0 Å². The van der Waals surface area contributed by atoms with Crippen molar-refractivity contribution in [3.05, 3.63) is 33.8 Å². The molecule has 1 aromatic rings. The van der Waals surface area contributed by atoms with Crippen LogP contribution >= 0.6 is 23.2 Å². The first-order chi connectivity index (χ1) is 9.75. The van der Waals surface area contributed by atoms with Crippen LogP contribution in [0.2, 0.25) is 10.0 Å². The molecule has 3 rings (SSSR count). The van der Waals surface area contributed by atoms with E-state index in [9.17, 15) is 0 Å². The van der Waals surface area contributed by atoms with Crippen LogP contribution in [-0.2, 0) is 6.54 Å². The van der Waals surface area contributed by atoms with Gasteiger partial charge in [0.25, 0.3) is 0 Å². The van der Waals surface area contributed by atoms with Crippen LogP contribution in [0.3, 0.4) is 0 Å². The number of benzene rings is 1. The first kappa shape index (κ1) is 14.6. The van der Waals surface area contributed by atoms with Crippen LogP contribution in [0.15, 0.2) is 18.2 Å². The Hall–Kier alpha value is -0.280. The third-order valence-corrected chi connectivity index (χ3v) is 5.54. The highest BCUT2D eigenvalue weighted by atomic mass is 35.5. The summed E-state index contributed by atoms with van der Waals surface area (Å²) in [4.78, 5) is 2.67. The smallest absolute Gasteiger partial charge is 0.0637 e. The number of nitrogens with zero attached hydrogens (tertiary/aromatic N) is 1. The molecule has 1 aromatic carbocycles. The van der Waals surface area contributed by atoms with Gasteiger partial charge in [0.2, 0.25) is 0 Å². The average molecular weight is 313 g/mol. The Morgan fingerprint density at radius 2 is 1.90 bits per heavy atom. The Balaban J connectivity index is 1.79. The predicted octanol–water partition coefficient (Wildman–Crippen LogP) is 4.10. The fourth-order valence-corrected chi connectivity index (χ4v) is 3.96. The van der Waals surface area contributed by atoms with E-state index in [4.69, 9.17) is 23.2 Å². The summed E-state index contributed by atoms with van der Waals surface area (Å²) in [6.45, 7) is 3.17.